The average Bonchev–Trinajstić information content (AvgIpc) is 3.35. The molecule has 0 aromatic carbocycles. The number of allylic oxidation sites excluding steroid dienone is 4. The van der Waals surface area contributed by atoms with Crippen molar-refractivity contribution < 1.29 is 14.6 Å². The van der Waals surface area contributed by atoms with Crippen LogP contribution < -0.4 is 10.2 Å². The number of pyridine rings is 2. The molecule has 1 aliphatic rings. The van der Waals surface area contributed by atoms with Gasteiger partial charge in [0.15, 0.2) is 5.65 Å². The topological polar surface area (TPSA) is 104 Å². The Hall–Kier alpha value is -3.82. The van der Waals surface area contributed by atoms with Crippen molar-refractivity contribution in [2.75, 3.05) is 31.2 Å². The van der Waals surface area contributed by atoms with Gasteiger partial charge in [0.1, 0.15) is 5.60 Å². The minimum absolute atomic E-state index is 0.292. The zero-order valence-electron chi connectivity index (χ0n) is 21.2. The second-order valence-corrected chi connectivity index (χ2v) is 9.30. The van der Waals surface area contributed by atoms with E-state index >= 15 is 0 Å². The molecule has 9 heteroatoms. The molecule has 3 aromatic heterocycles. The number of rotatable bonds is 7. The number of nitrogens with one attached hydrogen (secondary N) is 1. The van der Waals surface area contributed by atoms with Crippen LogP contribution in [0.15, 0.2) is 65.4 Å². The summed E-state index contributed by atoms with van der Waals surface area (Å²) < 4.78 is 7.52. The zero-order valence-corrected chi connectivity index (χ0v) is 21.2. The molecule has 0 unspecified atom stereocenters. The molecule has 4 rings (SSSR count). The fourth-order valence-electron chi connectivity index (χ4n) is 4.09. The lowest BCUT2D eigenvalue weighted by molar-refractivity contribution is 0.0737. The normalized spacial score (nSPS) is 15.6. The Labute approximate surface area is 210 Å². The first-order valence-electron chi connectivity index (χ1n) is 11.8. The molecule has 2 N–H and O–H groups in total. The van der Waals surface area contributed by atoms with E-state index in [1.165, 1.54) is 6.20 Å². The summed E-state index contributed by atoms with van der Waals surface area (Å²) in [4.78, 5) is 28.1. The Bertz CT molecular complexity index is 1340. The van der Waals surface area contributed by atoms with Crippen molar-refractivity contribution in [1.82, 2.24) is 19.7 Å². The van der Waals surface area contributed by atoms with Crippen molar-refractivity contribution in [2.24, 2.45) is 4.99 Å². The number of anilines is 1. The number of hydrogen-bond donors (Lipinski definition) is 2. The smallest absolute Gasteiger partial charge is 0.255 e. The Morgan fingerprint density at radius 2 is 1.94 bits per heavy atom. The van der Waals surface area contributed by atoms with Gasteiger partial charge < -0.3 is 24.5 Å². The highest BCUT2D eigenvalue weighted by molar-refractivity contribution is 5.95. The van der Waals surface area contributed by atoms with Crippen LogP contribution >= 0.6 is 0 Å². The third-order valence-corrected chi connectivity index (χ3v) is 6.08. The average molecular weight is 489 g/mol. The molecule has 36 heavy (non-hydrogen) atoms. The van der Waals surface area contributed by atoms with Gasteiger partial charge in [0.05, 0.1) is 24.6 Å². The van der Waals surface area contributed by atoms with Crippen LogP contribution in [0.25, 0.3) is 11.2 Å². The summed E-state index contributed by atoms with van der Waals surface area (Å²) in [5.41, 5.74) is 4.70. The molecular formula is C27H32N6O3. The first kappa shape index (κ1) is 25.3. The third-order valence-electron chi connectivity index (χ3n) is 6.08. The van der Waals surface area contributed by atoms with Crippen molar-refractivity contribution in [3.63, 3.8) is 0 Å². The van der Waals surface area contributed by atoms with E-state index < -0.39 is 5.60 Å². The standard InChI is InChI=1S/C27H32N6O3/c1-18(31-26(34)20-6-7-29-24(16-20)27(3,4)35)14-22(19(2)28-5)21-15-23(32-10-12-36-13-11-32)25-30-8-9-33(25)17-21/h6-9,14-17,35H,5,10-13H2,1-4H3,(H,31,34)/b18-14+,22-19+. The van der Waals surface area contributed by atoms with Crippen LogP contribution in [0.1, 0.15) is 49.3 Å². The molecule has 0 saturated carbocycles. The summed E-state index contributed by atoms with van der Waals surface area (Å²) in [7, 11) is 0. The quantitative estimate of drug-likeness (QED) is 0.389. The number of imidazole rings is 1. The van der Waals surface area contributed by atoms with E-state index in [-0.39, 0.29) is 5.91 Å². The molecule has 9 nitrogen and oxygen atoms in total. The molecule has 1 saturated heterocycles. The first-order chi connectivity index (χ1) is 17.2. The van der Waals surface area contributed by atoms with Crippen LogP contribution in [0, 0.1) is 0 Å². The van der Waals surface area contributed by atoms with Gasteiger partial charge in [-0.1, -0.05) is 0 Å². The van der Waals surface area contributed by atoms with Crippen LogP contribution in [0.3, 0.4) is 0 Å². The fraction of sp³-hybridized carbons (Fsp3) is 0.333. The van der Waals surface area contributed by atoms with E-state index in [1.807, 2.05) is 36.7 Å². The van der Waals surface area contributed by atoms with Crippen LogP contribution in [-0.2, 0) is 10.3 Å². The molecule has 1 fully saturated rings. The van der Waals surface area contributed by atoms with E-state index in [1.54, 1.807) is 32.2 Å². The maximum Gasteiger partial charge on any atom is 0.255 e. The van der Waals surface area contributed by atoms with Gasteiger partial charge in [-0.05, 0) is 58.7 Å². The number of aromatic nitrogens is 3. The lowest BCUT2D eigenvalue weighted by Crippen LogP contribution is -2.36. The predicted octanol–water partition coefficient (Wildman–Crippen LogP) is 3.56. The maximum atomic E-state index is 12.9. The van der Waals surface area contributed by atoms with Gasteiger partial charge in [-0.2, -0.15) is 0 Å². The second kappa shape index (κ2) is 10.4. The first-order valence-corrected chi connectivity index (χ1v) is 11.8. The molecule has 0 atom stereocenters. The van der Waals surface area contributed by atoms with E-state index in [2.05, 4.69) is 38.0 Å². The van der Waals surface area contributed by atoms with Gasteiger partial charge in [-0.25, -0.2) is 4.98 Å². The van der Waals surface area contributed by atoms with Gasteiger partial charge >= 0.3 is 0 Å². The van der Waals surface area contributed by atoms with Gasteiger partial charge in [0.2, 0.25) is 0 Å². The molecule has 188 valence electrons. The predicted molar refractivity (Wildman–Crippen MR) is 141 cm³/mol. The summed E-state index contributed by atoms with van der Waals surface area (Å²) in [6, 6.07) is 5.31. The molecule has 1 aliphatic heterocycles. The van der Waals surface area contributed by atoms with Crippen molar-refractivity contribution in [2.45, 2.75) is 33.3 Å². The lowest BCUT2D eigenvalue weighted by atomic mass is 10.0. The highest BCUT2D eigenvalue weighted by Crippen LogP contribution is 2.30. The Kier molecular flexibility index (Phi) is 7.32. The zero-order chi connectivity index (χ0) is 25.9. The number of aliphatic hydroxyl groups is 1. The minimum Gasteiger partial charge on any atom is -0.384 e. The van der Waals surface area contributed by atoms with E-state index in [0.717, 1.165) is 41.3 Å². The van der Waals surface area contributed by atoms with E-state index in [0.29, 0.717) is 30.2 Å². The Morgan fingerprint density at radius 3 is 2.64 bits per heavy atom. The van der Waals surface area contributed by atoms with Crippen LogP contribution in [0.5, 0.6) is 0 Å². The van der Waals surface area contributed by atoms with Gasteiger partial charge in [0.25, 0.3) is 5.91 Å². The number of hydrogen-bond acceptors (Lipinski definition) is 7. The largest absolute Gasteiger partial charge is 0.384 e. The van der Waals surface area contributed by atoms with E-state index in [9.17, 15) is 9.90 Å². The number of amides is 1. The number of aliphatic imine (C=N–C) groups is 1. The van der Waals surface area contributed by atoms with Gasteiger partial charge in [-0.15, -0.1) is 0 Å². The molecule has 3 aromatic rings. The summed E-state index contributed by atoms with van der Waals surface area (Å²) in [6.45, 7) is 13.6. The molecule has 0 aliphatic carbocycles. The maximum absolute atomic E-state index is 12.9. The summed E-state index contributed by atoms with van der Waals surface area (Å²) in [5.74, 6) is -0.292. The van der Waals surface area contributed by atoms with Crippen molar-refractivity contribution in [1.29, 1.82) is 0 Å². The van der Waals surface area contributed by atoms with Gasteiger partial charge in [0, 0.05) is 66.0 Å². The van der Waals surface area contributed by atoms with Crippen LogP contribution in [0.4, 0.5) is 5.69 Å². The summed E-state index contributed by atoms with van der Waals surface area (Å²) in [5, 5.41) is 13.2. The van der Waals surface area contributed by atoms with Crippen LogP contribution in [0.2, 0.25) is 0 Å². The SMILES string of the molecule is C=N/C(C)=C(\C=C(/C)NC(=O)c1ccnc(C(C)(C)O)c1)c1cc(N2CCOCC2)c2nccn2c1. The number of fused-ring (bicyclic) bond motifs is 1. The number of ether oxygens (including phenoxy) is 1. The third kappa shape index (κ3) is 5.53. The van der Waals surface area contributed by atoms with Gasteiger partial charge in [-0.3, -0.25) is 14.8 Å². The number of morpholine rings is 1. The molecule has 0 spiro atoms. The fourth-order valence-corrected chi connectivity index (χ4v) is 4.09. The Balaban J connectivity index is 1.68. The van der Waals surface area contributed by atoms with Crippen molar-refractivity contribution >= 4 is 29.5 Å². The molecular weight excluding hydrogens is 456 g/mol. The monoisotopic (exact) mass is 488 g/mol. The lowest BCUT2D eigenvalue weighted by Gasteiger charge is -2.29. The van der Waals surface area contributed by atoms with Crippen LogP contribution in [-0.4, -0.2) is 58.4 Å². The second-order valence-electron chi connectivity index (χ2n) is 9.30. The number of carbonyl (C=O) groups excluding carboxylic acids is 1. The molecule has 1 amide bonds. The van der Waals surface area contributed by atoms with Crippen molar-refractivity contribution in [3.8, 4) is 0 Å². The minimum atomic E-state index is -1.14. The molecule has 0 radical (unpaired) electrons. The van der Waals surface area contributed by atoms with Crippen molar-refractivity contribution in [3.05, 3.63) is 77.3 Å². The number of nitrogens with zero attached hydrogens (tertiary/aromatic N) is 5. The summed E-state index contributed by atoms with van der Waals surface area (Å²) in [6.07, 6.45) is 9.11. The highest BCUT2D eigenvalue weighted by Gasteiger charge is 2.20. The molecule has 0 bridgehead atoms. The summed E-state index contributed by atoms with van der Waals surface area (Å²) >= 11 is 0. The highest BCUT2D eigenvalue weighted by atomic mass is 16.5. The number of carbonyl (C=O) groups is 1. The Morgan fingerprint density at radius 1 is 1.19 bits per heavy atom. The van der Waals surface area contributed by atoms with E-state index in [4.69, 9.17) is 4.74 Å². The molecule has 4 heterocycles.